The van der Waals surface area contributed by atoms with Crippen molar-refractivity contribution in [3.05, 3.63) is 18.0 Å². The number of aromatic nitrogens is 2. The molecule has 1 saturated heterocycles. The van der Waals surface area contributed by atoms with Gasteiger partial charge in [-0.15, -0.1) is 0 Å². The molecule has 2 N–H and O–H groups in total. The average molecular weight is 250 g/mol. The topological polar surface area (TPSA) is 47.1 Å². The van der Waals surface area contributed by atoms with E-state index >= 15 is 0 Å². The van der Waals surface area contributed by atoms with Gasteiger partial charge in [0.1, 0.15) is 0 Å². The molecule has 0 saturated carbocycles. The van der Waals surface area contributed by atoms with Gasteiger partial charge in [-0.2, -0.15) is 5.10 Å². The van der Waals surface area contributed by atoms with Crippen molar-refractivity contribution in [1.82, 2.24) is 14.7 Å². The Morgan fingerprint density at radius 3 is 2.89 bits per heavy atom. The predicted octanol–water partition coefficient (Wildman–Crippen LogP) is 2.17. The van der Waals surface area contributed by atoms with Crippen molar-refractivity contribution in [2.75, 3.05) is 13.1 Å². The molecule has 4 heteroatoms. The van der Waals surface area contributed by atoms with Crippen molar-refractivity contribution in [2.24, 2.45) is 5.73 Å². The molecule has 0 aromatic carbocycles. The van der Waals surface area contributed by atoms with Crippen LogP contribution in [0.15, 0.2) is 12.3 Å². The van der Waals surface area contributed by atoms with Crippen LogP contribution in [0.25, 0.3) is 0 Å². The van der Waals surface area contributed by atoms with Crippen molar-refractivity contribution >= 4 is 0 Å². The minimum absolute atomic E-state index is 0.438. The van der Waals surface area contributed by atoms with Gasteiger partial charge < -0.3 is 5.73 Å². The summed E-state index contributed by atoms with van der Waals surface area (Å²) < 4.78 is 2.03. The standard InChI is InChI=1S/C14H26N4/c1-12(2)18-9-7-13(16-18)11-17-8-5-3-4-6-14(17)10-15/h7,9,12,14H,3-6,8,10-11,15H2,1-2H3. The number of rotatable bonds is 4. The lowest BCUT2D eigenvalue weighted by molar-refractivity contribution is 0.193. The number of nitrogens with two attached hydrogens (primary N) is 1. The molecule has 102 valence electrons. The largest absolute Gasteiger partial charge is 0.329 e. The van der Waals surface area contributed by atoms with Gasteiger partial charge in [-0.25, -0.2) is 0 Å². The highest BCUT2D eigenvalue weighted by atomic mass is 15.3. The fraction of sp³-hybridized carbons (Fsp3) is 0.786. The third kappa shape index (κ3) is 3.33. The number of hydrogen-bond donors (Lipinski definition) is 1. The van der Waals surface area contributed by atoms with E-state index in [0.29, 0.717) is 12.1 Å². The fourth-order valence-electron chi connectivity index (χ4n) is 2.67. The van der Waals surface area contributed by atoms with Gasteiger partial charge in [0.15, 0.2) is 0 Å². The summed E-state index contributed by atoms with van der Waals surface area (Å²) >= 11 is 0. The predicted molar refractivity (Wildman–Crippen MR) is 74.3 cm³/mol. The van der Waals surface area contributed by atoms with Crippen LogP contribution in [0.3, 0.4) is 0 Å². The van der Waals surface area contributed by atoms with Gasteiger partial charge in [-0.05, 0) is 39.3 Å². The lowest BCUT2D eigenvalue weighted by Crippen LogP contribution is -2.39. The van der Waals surface area contributed by atoms with E-state index in [2.05, 4.69) is 36.1 Å². The molecule has 1 aliphatic rings. The first-order valence-corrected chi connectivity index (χ1v) is 7.19. The Morgan fingerprint density at radius 1 is 1.39 bits per heavy atom. The molecular weight excluding hydrogens is 224 g/mol. The summed E-state index contributed by atoms with van der Waals surface area (Å²) in [6.07, 6.45) is 7.27. The van der Waals surface area contributed by atoms with Crippen LogP contribution in [0.1, 0.15) is 51.3 Å². The second-order valence-corrected chi connectivity index (χ2v) is 5.59. The van der Waals surface area contributed by atoms with Gasteiger partial charge >= 0.3 is 0 Å². The molecule has 1 aromatic rings. The first-order valence-electron chi connectivity index (χ1n) is 7.19. The lowest BCUT2D eigenvalue weighted by Gasteiger charge is -2.28. The van der Waals surface area contributed by atoms with Crippen LogP contribution in [-0.2, 0) is 6.54 Å². The molecule has 0 radical (unpaired) electrons. The normalized spacial score (nSPS) is 22.3. The van der Waals surface area contributed by atoms with E-state index in [1.165, 1.54) is 31.4 Å². The smallest absolute Gasteiger partial charge is 0.0765 e. The van der Waals surface area contributed by atoms with Crippen LogP contribution >= 0.6 is 0 Å². The van der Waals surface area contributed by atoms with E-state index in [4.69, 9.17) is 5.73 Å². The molecule has 1 aromatic heterocycles. The van der Waals surface area contributed by atoms with Crippen LogP contribution in [0.5, 0.6) is 0 Å². The first kappa shape index (κ1) is 13.6. The summed E-state index contributed by atoms with van der Waals surface area (Å²) in [5, 5.41) is 4.64. The second-order valence-electron chi connectivity index (χ2n) is 5.59. The van der Waals surface area contributed by atoms with Gasteiger partial charge in [-0.1, -0.05) is 12.8 Å². The monoisotopic (exact) mass is 250 g/mol. The SMILES string of the molecule is CC(C)n1ccc(CN2CCCCCC2CN)n1. The average Bonchev–Trinajstić information content (AvgIpc) is 2.70. The Balaban J connectivity index is 2.00. The Morgan fingerprint density at radius 2 is 2.22 bits per heavy atom. The van der Waals surface area contributed by atoms with Crippen molar-refractivity contribution in [1.29, 1.82) is 0 Å². The van der Waals surface area contributed by atoms with Gasteiger partial charge in [0.05, 0.1) is 5.69 Å². The summed E-state index contributed by atoms with van der Waals surface area (Å²) in [5.41, 5.74) is 7.07. The minimum Gasteiger partial charge on any atom is -0.329 e. The minimum atomic E-state index is 0.438. The third-order valence-electron chi connectivity index (χ3n) is 3.83. The summed E-state index contributed by atoms with van der Waals surface area (Å²) in [6, 6.07) is 3.11. The molecule has 2 heterocycles. The summed E-state index contributed by atoms with van der Waals surface area (Å²) in [6.45, 7) is 7.19. The highest BCUT2D eigenvalue weighted by molar-refractivity contribution is 5.00. The van der Waals surface area contributed by atoms with E-state index < -0.39 is 0 Å². The number of likely N-dealkylation sites (tertiary alicyclic amines) is 1. The van der Waals surface area contributed by atoms with Crippen LogP contribution in [0.4, 0.5) is 0 Å². The summed E-state index contributed by atoms with van der Waals surface area (Å²) in [4.78, 5) is 2.51. The van der Waals surface area contributed by atoms with Gasteiger partial charge in [0, 0.05) is 31.4 Å². The van der Waals surface area contributed by atoms with Crippen LogP contribution in [0, 0.1) is 0 Å². The number of hydrogen-bond acceptors (Lipinski definition) is 3. The zero-order chi connectivity index (χ0) is 13.0. The van der Waals surface area contributed by atoms with Crippen LogP contribution in [-0.4, -0.2) is 33.8 Å². The van der Waals surface area contributed by atoms with Gasteiger partial charge in [0.25, 0.3) is 0 Å². The molecule has 0 spiro atoms. The highest BCUT2D eigenvalue weighted by Gasteiger charge is 2.20. The van der Waals surface area contributed by atoms with Crippen LogP contribution < -0.4 is 5.73 Å². The maximum Gasteiger partial charge on any atom is 0.0765 e. The Bertz CT molecular complexity index is 358. The zero-order valence-corrected chi connectivity index (χ0v) is 11.7. The molecule has 0 aliphatic carbocycles. The van der Waals surface area contributed by atoms with E-state index in [1.54, 1.807) is 0 Å². The molecule has 1 aliphatic heterocycles. The van der Waals surface area contributed by atoms with Gasteiger partial charge in [0.2, 0.25) is 0 Å². The molecule has 4 nitrogen and oxygen atoms in total. The van der Waals surface area contributed by atoms with Crippen LogP contribution in [0.2, 0.25) is 0 Å². The first-order chi connectivity index (χ1) is 8.70. The lowest BCUT2D eigenvalue weighted by atomic mass is 10.1. The molecule has 1 fully saturated rings. The zero-order valence-electron chi connectivity index (χ0n) is 11.7. The molecule has 1 unspecified atom stereocenters. The van der Waals surface area contributed by atoms with E-state index in [0.717, 1.165) is 19.6 Å². The quantitative estimate of drug-likeness (QED) is 0.891. The maximum absolute atomic E-state index is 5.90. The third-order valence-corrected chi connectivity index (χ3v) is 3.83. The molecule has 18 heavy (non-hydrogen) atoms. The van der Waals surface area contributed by atoms with Crippen molar-refractivity contribution in [3.63, 3.8) is 0 Å². The van der Waals surface area contributed by atoms with Crippen molar-refractivity contribution in [3.8, 4) is 0 Å². The molecule has 0 amide bonds. The van der Waals surface area contributed by atoms with E-state index in [-0.39, 0.29) is 0 Å². The Hall–Kier alpha value is -0.870. The Labute approximate surface area is 110 Å². The molecule has 1 atom stereocenters. The van der Waals surface area contributed by atoms with Crippen molar-refractivity contribution in [2.45, 2.75) is 58.2 Å². The van der Waals surface area contributed by atoms with E-state index in [1.807, 2.05) is 4.68 Å². The molecule has 2 rings (SSSR count). The second kappa shape index (κ2) is 6.34. The summed E-state index contributed by atoms with van der Waals surface area (Å²) in [5.74, 6) is 0. The maximum atomic E-state index is 5.90. The van der Waals surface area contributed by atoms with E-state index in [9.17, 15) is 0 Å². The highest BCUT2D eigenvalue weighted by Crippen LogP contribution is 2.18. The van der Waals surface area contributed by atoms with Gasteiger partial charge in [-0.3, -0.25) is 9.58 Å². The fourth-order valence-corrected chi connectivity index (χ4v) is 2.67. The molecule has 0 bridgehead atoms. The summed E-state index contributed by atoms with van der Waals surface area (Å²) in [7, 11) is 0. The van der Waals surface area contributed by atoms with Crippen molar-refractivity contribution < 1.29 is 0 Å². The Kier molecular flexibility index (Phi) is 4.78. The molecular formula is C14H26N4. The number of nitrogens with zero attached hydrogens (tertiary/aromatic N) is 3.